The Kier molecular flexibility index (Phi) is 10.5. The molecule has 2 heterocycles. The van der Waals surface area contributed by atoms with E-state index < -0.39 is 0 Å². The van der Waals surface area contributed by atoms with E-state index in [1.807, 2.05) is 20.9 Å². The summed E-state index contributed by atoms with van der Waals surface area (Å²) in [6.07, 6.45) is 0.964. The second kappa shape index (κ2) is 11.8. The topological polar surface area (TPSA) is 72.9 Å². The number of thiazole rings is 1. The average molecular weight is 508 g/mol. The van der Waals surface area contributed by atoms with E-state index in [4.69, 9.17) is 0 Å². The van der Waals surface area contributed by atoms with Gasteiger partial charge in [0.2, 0.25) is 5.91 Å². The fourth-order valence-corrected chi connectivity index (χ4v) is 4.05. The van der Waals surface area contributed by atoms with Crippen molar-refractivity contribution in [1.82, 2.24) is 25.4 Å². The smallest absolute Gasteiger partial charge is 0.234 e. The van der Waals surface area contributed by atoms with Crippen LogP contribution in [0.15, 0.2) is 4.99 Å². The molecule has 0 aromatic carbocycles. The van der Waals surface area contributed by atoms with Gasteiger partial charge in [-0.3, -0.25) is 14.7 Å². The second-order valence-electron chi connectivity index (χ2n) is 6.95. The number of carbonyl (C=O) groups excluding carboxylic acids is 1. The lowest BCUT2D eigenvalue weighted by atomic mass is 10.3. The molecule has 0 spiro atoms. The lowest BCUT2D eigenvalue weighted by molar-refractivity contribution is -0.123. The van der Waals surface area contributed by atoms with Crippen molar-refractivity contribution in [2.45, 2.75) is 40.2 Å². The van der Waals surface area contributed by atoms with E-state index in [-0.39, 0.29) is 35.9 Å². The molecule has 1 saturated heterocycles. The van der Waals surface area contributed by atoms with Gasteiger partial charge in [0.25, 0.3) is 0 Å². The Labute approximate surface area is 184 Å². The van der Waals surface area contributed by atoms with E-state index in [9.17, 15) is 4.79 Å². The molecule has 2 N–H and O–H groups in total. The van der Waals surface area contributed by atoms with Crippen molar-refractivity contribution in [3.8, 4) is 0 Å². The number of hydrogen-bond donors (Lipinski definition) is 2. The molecule has 0 unspecified atom stereocenters. The Morgan fingerprint density at radius 1 is 1.26 bits per heavy atom. The van der Waals surface area contributed by atoms with Gasteiger partial charge in [0.05, 0.1) is 17.2 Å². The fourth-order valence-electron chi connectivity index (χ4n) is 3.11. The molecule has 27 heavy (non-hydrogen) atoms. The van der Waals surface area contributed by atoms with Crippen molar-refractivity contribution in [2.75, 3.05) is 46.3 Å². The van der Waals surface area contributed by atoms with Crippen LogP contribution in [0.5, 0.6) is 0 Å². The molecule has 1 amide bonds. The maximum absolute atomic E-state index is 11.9. The van der Waals surface area contributed by atoms with Gasteiger partial charge in [0, 0.05) is 57.1 Å². The highest BCUT2D eigenvalue weighted by atomic mass is 127. The van der Waals surface area contributed by atoms with Crippen LogP contribution in [-0.2, 0) is 11.2 Å². The normalized spacial score (nSPS) is 15.6. The summed E-state index contributed by atoms with van der Waals surface area (Å²) in [4.78, 5) is 26.6. The molecule has 1 aromatic rings. The number of halogens is 1. The first-order chi connectivity index (χ1) is 12.4. The van der Waals surface area contributed by atoms with Crippen molar-refractivity contribution in [3.05, 3.63) is 15.6 Å². The van der Waals surface area contributed by atoms with E-state index in [0.29, 0.717) is 6.54 Å². The number of aromatic nitrogens is 1. The highest BCUT2D eigenvalue weighted by Gasteiger charge is 2.21. The SMILES string of the molecule is CN=C(NCCc1sc(C)nc1C)N1CCN(CC(=O)NC(C)C)CC1.I. The number of piperazine rings is 1. The van der Waals surface area contributed by atoms with Gasteiger partial charge in [-0.05, 0) is 27.7 Å². The van der Waals surface area contributed by atoms with Crippen LogP contribution in [0.4, 0.5) is 0 Å². The number of amides is 1. The minimum Gasteiger partial charge on any atom is -0.356 e. The molecule has 1 aliphatic rings. The molecular formula is C18H33IN6OS. The summed E-state index contributed by atoms with van der Waals surface area (Å²) in [5.41, 5.74) is 1.14. The Morgan fingerprint density at radius 2 is 1.93 bits per heavy atom. The molecule has 2 rings (SSSR count). The summed E-state index contributed by atoms with van der Waals surface area (Å²) in [6.45, 7) is 12.9. The molecular weight excluding hydrogens is 475 g/mol. The lowest BCUT2D eigenvalue weighted by Crippen LogP contribution is -2.54. The van der Waals surface area contributed by atoms with Gasteiger partial charge in [0.15, 0.2) is 5.96 Å². The monoisotopic (exact) mass is 508 g/mol. The summed E-state index contributed by atoms with van der Waals surface area (Å²) in [5.74, 6) is 1.04. The number of hydrogen-bond acceptors (Lipinski definition) is 5. The number of aliphatic imine (C=N–C) groups is 1. The third-order valence-corrected chi connectivity index (χ3v) is 5.47. The third kappa shape index (κ3) is 7.90. The predicted octanol–water partition coefficient (Wildman–Crippen LogP) is 1.64. The zero-order chi connectivity index (χ0) is 19.1. The molecule has 7 nitrogen and oxygen atoms in total. The predicted molar refractivity (Wildman–Crippen MR) is 123 cm³/mol. The Hall–Kier alpha value is -0.940. The van der Waals surface area contributed by atoms with Gasteiger partial charge in [-0.2, -0.15) is 0 Å². The fraction of sp³-hybridized carbons (Fsp3) is 0.722. The van der Waals surface area contributed by atoms with Crippen molar-refractivity contribution in [1.29, 1.82) is 0 Å². The van der Waals surface area contributed by atoms with Gasteiger partial charge < -0.3 is 15.5 Å². The van der Waals surface area contributed by atoms with Crippen LogP contribution in [0, 0.1) is 13.8 Å². The molecule has 1 fully saturated rings. The van der Waals surface area contributed by atoms with E-state index in [2.05, 4.69) is 44.3 Å². The van der Waals surface area contributed by atoms with Crippen LogP contribution in [0.25, 0.3) is 0 Å². The Bertz CT molecular complexity index is 625. The number of nitrogens with one attached hydrogen (secondary N) is 2. The summed E-state index contributed by atoms with van der Waals surface area (Å²) in [6, 6.07) is 0.192. The van der Waals surface area contributed by atoms with Gasteiger partial charge in [0.1, 0.15) is 0 Å². The maximum atomic E-state index is 11.9. The number of rotatable bonds is 6. The standard InChI is InChI=1S/C18H32N6OS.HI/c1-13(2)21-17(25)12-23-8-10-24(11-9-23)18(19-5)20-7-6-16-14(3)22-15(4)26-16;/h13H,6-12H2,1-5H3,(H,19,20)(H,21,25);1H. The zero-order valence-corrected chi connectivity index (χ0v) is 20.2. The van der Waals surface area contributed by atoms with Crippen molar-refractivity contribution in [3.63, 3.8) is 0 Å². The Balaban J connectivity index is 0.00000364. The van der Waals surface area contributed by atoms with Gasteiger partial charge in [-0.25, -0.2) is 4.98 Å². The molecule has 0 bridgehead atoms. The number of nitrogens with zero attached hydrogens (tertiary/aromatic N) is 4. The zero-order valence-electron chi connectivity index (χ0n) is 17.0. The van der Waals surface area contributed by atoms with Gasteiger partial charge in [-0.15, -0.1) is 35.3 Å². The van der Waals surface area contributed by atoms with E-state index in [0.717, 1.165) is 55.8 Å². The average Bonchev–Trinajstić information content (AvgIpc) is 2.89. The summed E-state index contributed by atoms with van der Waals surface area (Å²) in [7, 11) is 1.83. The van der Waals surface area contributed by atoms with Crippen LogP contribution in [0.3, 0.4) is 0 Å². The van der Waals surface area contributed by atoms with Gasteiger partial charge >= 0.3 is 0 Å². The van der Waals surface area contributed by atoms with Gasteiger partial charge in [-0.1, -0.05) is 0 Å². The highest BCUT2D eigenvalue weighted by molar-refractivity contribution is 14.0. The number of aryl methyl sites for hydroxylation is 2. The molecule has 0 atom stereocenters. The summed E-state index contributed by atoms with van der Waals surface area (Å²) < 4.78 is 0. The largest absolute Gasteiger partial charge is 0.356 e. The van der Waals surface area contributed by atoms with Crippen LogP contribution in [0.1, 0.15) is 29.4 Å². The molecule has 9 heteroatoms. The number of guanidine groups is 1. The first-order valence-corrected chi connectivity index (χ1v) is 10.1. The van der Waals surface area contributed by atoms with Crippen LogP contribution in [0.2, 0.25) is 0 Å². The third-order valence-electron chi connectivity index (χ3n) is 4.34. The van der Waals surface area contributed by atoms with Crippen LogP contribution in [-0.4, -0.2) is 79.0 Å². The van der Waals surface area contributed by atoms with E-state index >= 15 is 0 Å². The molecule has 1 aromatic heterocycles. The second-order valence-corrected chi connectivity index (χ2v) is 8.24. The van der Waals surface area contributed by atoms with Crippen LogP contribution < -0.4 is 10.6 Å². The molecule has 0 saturated carbocycles. The summed E-state index contributed by atoms with van der Waals surface area (Å²) in [5, 5.41) is 7.54. The first-order valence-electron chi connectivity index (χ1n) is 9.29. The number of carbonyl (C=O) groups is 1. The van der Waals surface area contributed by atoms with Crippen LogP contribution >= 0.6 is 35.3 Å². The van der Waals surface area contributed by atoms with Crippen molar-refractivity contribution < 1.29 is 4.79 Å². The molecule has 0 radical (unpaired) electrons. The van der Waals surface area contributed by atoms with Crippen molar-refractivity contribution in [2.24, 2.45) is 4.99 Å². The highest BCUT2D eigenvalue weighted by Crippen LogP contribution is 2.17. The van der Waals surface area contributed by atoms with Crippen molar-refractivity contribution >= 4 is 47.2 Å². The molecule has 0 aliphatic carbocycles. The Morgan fingerprint density at radius 3 is 2.44 bits per heavy atom. The molecule has 154 valence electrons. The van der Waals surface area contributed by atoms with E-state index in [1.165, 1.54) is 4.88 Å². The summed E-state index contributed by atoms with van der Waals surface area (Å²) >= 11 is 1.77. The lowest BCUT2D eigenvalue weighted by Gasteiger charge is -2.36. The van der Waals surface area contributed by atoms with E-state index in [1.54, 1.807) is 11.3 Å². The molecule has 1 aliphatic heterocycles. The first kappa shape index (κ1) is 24.1. The minimum absolute atomic E-state index is 0. The maximum Gasteiger partial charge on any atom is 0.234 e. The quantitative estimate of drug-likeness (QED) is 0.348. The minimum atomic E-state index is 0.